The highest BCUT2D eigenvalue weighted by molar-refractivity contribution is 6.05. The highest BCUT2D eigenvalue weighted by atomic mass is 19.3. The molecule has 2 N–H and O–H groups in total. The van der Waals surface area contributed by atoms with Crippen molar-refractivity contribution >= 4 is 17.6 Å². The van der Waals surface area contributed by atoms with Crippen LogP contribution < -0.4 is 25.7 Å². The van der Waals surface area contributed by atoms with Crippen LogP contribution in [-0.4, -0.2) is 78.3 Å². The van der Waals surface area contributed by atoms with Crippen LogP contribution in [-0.2, 0) is 11.3 Å². The van der Waals surface area contributed by atoms with Crippen LogP contribution in [0, 0.1) is 0 Å². The monoisotopic (exact) mass is 661 g/mol. The SMILES string of the molecule is COCCNCc1cc(C(=O)Nc2cc(-c3ccc(OC(F)F)cc3C(=O)N3CC(F)(F)C3)cc(OC(C)C)n2)c(=O)n(C2CC2)c1. The molecular formula is C32H35F4N5O6. The Kier molecular flexibility index (Phi) is 10.2. The zero-order valence-electron chi connectivity index (χ0n) is 26.0. The van der Waals surface area contributed by atoms with Crippen molar-refractivity contribution in [2.45, 2.75) is 57.9 Å². The van der Waals surface area contributed by atoms with E-state index in [1.807, 2.05) is 0 Å². The topological polar surface area (TPSA) is 124 Å². The van der Waals surface area contributed by atoms with Crippen molar-refractivity contribution in [2.24, 2.45) is 0 Å². The van der Waals surface area contributed by atoms with Gasteiger partial charge >= 0.3 is 6.61 Å². The average Bonchev–Trinajstić information content (AvgIpc) is 3.83. The first-order valence-corrected chi connectivity index (χ1v) is 15.0. The number of carbonyl (C=O) groups excluding carboxylic acids is 2. The summed E-state index contributed by atoms with van der Waals surface area (Å²) in [4.78, 5) is 45.5. The van der Waals surface area contributed by atoms with Gasteiger partial charge in [0.25, 0.3) is 23.3 Å². The minimum atomic E-state index is -3.19. The van der Waals surface area contributed by atoms with Crippen molar-refractivity contribution in [3.8, 4) is 22.8 Å². The van der Waals surface area contributed by atoms with Gasteiger partial charge in [0.2, 0.25) is 5.88 Å². The second-order valence-electron chi connectivity index (χ2n) is 11.7. The number of aromatic nitrogens is 2. The lowest BCUT2D eigenvalue weighted by atomic mass is 9.97. The second kappa shape index (κ2) is 14.1. The highest BCUT2D eigenvalue weighted by Gasteiger charge is 2.46. The molecule has 11 nitrogen and oxygen atoms in total. The molecule has 47 heavy (non-hydrogen) atoms. The number of halogens is 4. The van der Waals surface area contributed by atoms with Gasteiger partial charge in [-0.15, -0.1) is 0 Å². The summed E-state index contributed by atoms with van der Waals surface area (Å²) < 4.78 is 70.1. The van der Waals surface area contributed by atoms with Crippen molar-refractivity contribution in [3.05, 3.63) is 69.6 Å². The zero-order valence-corrected chi connectivity index (χ0v) is 26.0. The first kappa shape index (κ1) is 33.9. The lowest BCUT2D eigenvalue weighted by Crippen LogP contribution is -2.58. The number of pyridine rings is 2. The molecule has 1 aliphatic heterocycles. The highest BCUT2D eigenvalue weighted by Crippen LogP contribution is 2.36. The minimum Gasteiger partial charge on any atom is -0.475 e. The first-order chi connectivity index (χ1) is 22.3. The van der Waals surface area contributed by atoms with E-state index in [0.29, 0.717) is 25.3 Å². The molecule has 2 fully saturated rings. The van der Waals surface area contributed by atoms with E-state index in [-0.39, 0.29) is 51.8 Å². The Bertz CT molecular complexity index is 1690. The van der Waals surface area contributed by atoms with Crippen molar-refractivity contribution in [3.63, 3.8) is 0 Å². The number of rotatable bonds is 14. The van der Waals surface area contributed by atoms with E-state index < -0.39 is 43.0 Å². The number of ether oxygens (including phenoxy) is 3. The predicted molar refractivity (Wildman–Crippen MR) is 163 cm³/mol. The van der Waals surface area contributed by atoms with E-state index in [1.165, 1.54) is 30.3 Å². The third-order valence-corrected chi connectivity index (χ3v) is 7.39. The molecular weight excluding hydrogens is 626 g/mol. The Morgan fingerprint density at radius 3 is 2.45 bits per heavy atom. The molecule has 1 aromatic carbocycles. The Hall–Kier alpha value is -4.50. The lowest BCUT2D eigenvalue weighted by molar-refractivity contribution is -0.113. The summed E-state index contributed by atoms with van der Waals surface area (Å²) >= 11 is 0. The number of benzene rings is 1. The van der Waals surface area contributed by atoms with Gasteiger partial charge in [-0.3, -0.25) is 14.4 Å². The molecule has 2 amide bonds. The number of amides is 2. The van der Waals surface area contributed by atoms with E-state index in [0.717, 1.165) is 23.8 Å². The van der Waals surface area contributed by atoms with E-state index in [2.05, 4.69) is 20.4 Å². The number of anilines is 1. The van der Waals surface area contributed by atoms with Crippen molar-refractivity contribution in [1.29, 1.82) is 0 Å². The van der Waals surface area contributed by atoms with E-state index >= 15 is 0 Å². The molecule has 1 aliphatic carbocycles. The summed E-state index contributed by atoms with van der Waals surface area (Å²) in [6, 6.07) is 7.97. The van der Waals surface area contributed by atoms with Gasteiger partial charge in [0.05, 0.1) is 31.4 Å². The number of nitrogens with zero attached hydrogens (tertiary/aromatic N) is 3. The summed E-state index contributed by atoms with van der Waals surface area (Å²) in [7, 11) is 1.58. The fraction of sp³-hybridized carbons (Fsp3) is 0.438. The number of alkyl halides is 4. The smallest absolute Gasteiger partial charge is 0.387 e. The number of nitrogens with one attached hydrogen (secondary N) is 2. The number of hydrogen-bond donors (Lipinski definition) is 2. The van der Waals surface area contributed by atoms with Crippen molar-refractivity contribution < 1.29 is 41.4 Å². The molecule has 0 unspecified atom stereocenters. The third kappa shape index (κ3) is 8.46. The molecule has 1 saturated carbocycles. The van der Waals surface area contributed by atoms with E-state index in [4.69, 9.17) is 9.47 Å². The molecule has 0 spiro atoms. The quantitative estimate of drug-likeness (QED) is 0.188. The van der Waals surface area contributed by atoms with Crippen LogP contribution in [0.2, 0.25) is 0 Å². The Labute approximate surface area is 267 Å². The number of likely N-dealkylation sites (tertiary alicyclic amines) is 1. The third-order valence-electron chi connectivity index (χ3n) is 7.39. The zero-order chi connectivity index (χ0) is 33.9. The van der Waals surface area contributed by atoms with Gasteiger partial charge in [-0.25, -0.2) is 8.78 Å². The molecule has 0 bridgehead atoms. The van der Waals surface area contributed by atoms with Crippen molar-refractivity contribution in [2.75, 3.05) is 38.7 Å². The van der Waals surface area contributed by atoms with Crippen LogP contribution in [0.3, 0.4) is 0 Å². The molecule has 3 heterocycles. The average molecular weight is 662 g/mol. The summed E-state index contributed by atoms with van der Waals surface area (Å²) in [5.41, 5.74) is 0.391. The van der Waals surface area contributed by atoms with Gasteiger partial charge in [0.1, 0.15) is 17.1 Å². The fourth-order valence-electron chi connectivity index (χ4n) is 5.12. The van der Waals surface area contributed by atoms with Crippen molar-refractivity contribution in [1.82, 2.24) is 19.8 Å². The van der Waals surface area contributed by atoms with E-state index in [9.17, 15) is 31.9 Å². The largest absolute Gasteiger partial charge is 0.475 e. The van der Waals surface area contributed by atoms with Gasteiger partial charge in [0, 0.05) is 38.5 Å². The number of hydrogen-bond acceptors (Lipinski definition) is 8. The lowest BCUT2D eigenvalue weighted by Gasteiger charge is -2.39. The minimum absolute atomic E-state index is 0.000176. The number of carbonyl (C=O) groups is 2. The fourth-order valence-corrected chi connectivity index (χ4v) is 5.12. The first-order valence-electron chi connectivity index (χ1n) is 15.0. The van der Waals surface area contributed by atoms with Crippen LogP contribution >= 0.6 is 0 Å². The molecule has 3 aromatic rings. The number of methoxy groups -OCH3 is 1. The summed E-state index contributed by atoms with van der Waals surface area (Å²) in [5.74, 6) is -4.95. The van der Waals surface area contributed by atoms with Gasteiger partial charge in [0.15, 0.2) is 0 Å². The summed E-state index contributed by atoms with van der Waals surface area (Å²) in [6.07, 6.45) is 3.01. The van der Waals surface area contributed by atoms with Crippen LogP contribution in [0.1, 0.15) is 59.0 Å². The molecule has 0 radical (unpaired) electrons. The maximum Gasteiger partial charge on any atom is 0.387 e. The molecule has 252 valence electrons. The molecule has 2 aliphatic rings. The van der Waals surface area contributed by atoms with E-state index in [1.54, 1.807) is 31.7 Å². The molecule has 0 atom stereocenters. The van der Waals surface area contributed by atoms with Crippen LogP contribution in [0.4, 0.5) is 23.4 Å². The summed E-state index contributed by atoms with van der Waals surface area (Å²) in [6.45, 7) is 0.0856. The molecule has 15 heteroatoms. The maximum absolute atomic E-state index is 13.6. The van der Waals surface area contributed by atoms with Gasteiger partial charge in [-0.1, -0.05) is 0 Å². The molecule has 2 aromatic heterocycles. The second-order valence-corrected chi connectivity index (χ2v) is 11.7. The van der Waals surface area contributed by atoms with Crippen LogP contribution in [0.25, 0.3) is 11.1 Å². The van der Waals surface area contributed by atoms with Gasteiger partial charge < -0.3 is 34.3 Å². The Balaban J connectivity index is 1.51. The summed E-state index contributed by atoms with van der Waals surface area (Å²) in [5, 5.41) is 5.85. The van der Waals surface area contributed by atoms with Crippen LogP contribution in [0.5, 0.6) is 11.6 Å². The van der Waals surface area contributed by atoms with Gasteiger partial charge in [-0.05, 0) is 73.7 Å². The molecule has 1 saturated heterocycles. The Morgan fingerprint density at radius 2 is 1.81 bits per heavy atom. The predicted octanol–water partition coefficient (Wildman–Crippen LogP) is 4.71. The Morgan fingerprint density at radius 1 is 1.06 bits per heavy atom. The molecule has 5 rings (SSSR count). The standard InChI is InChI=1S/C32H35F4N5O6/c1-18(2)46-27-12-20(23-7-6-22(47-31(33)34)13-24(23)29(43)40-16-32(35,36)17-40)11-26(38-27)39-28(42)25-10-19(14-37-8-9-45-3)15-41(30(25)44)21-4-5-21/h6-7,10-13,15,18,21,31,37H,4-5,8-9,14,16-17H2,1-3H3,(H,38,39,42). The van der Waals surface area contributed by atoms with Crippen LogP contribution in [0.15, 0.2) is 47.4 Å². The normalized spacial score (nSPS) is 15.5. The van der Waals surface area contributed by atoms with Gasteiger partial charge in [-0.2, -0.15) is 13.8 Å². The maximum atomic E-state index is 13.6.